The van der Waals surface area contributed by atoms with Gasteiger partial charge in [0.2, 0.25) is 5.91 Å². The van der Waals surface area contributed by atoms with Crippen LogP contribution in [0.5, 0.6) is 0 Å². The van der Waals surface area contributed by atoms with Crippen LogP contribution < -0.4 is 16.0 Å². The van der Waals surface area contributed by atoms with Gasteiger partial charge < -0.3 is 45.2 Å². The van der Waals surface area contributed by atoms with Crippen molar-refractivity contribution in [1.82, 2.24) is 25.8 Å². The third-order valence-corrected chi connectivity index (χ3v) is 10.8. The number of carbonyl (C=O) groups is 1. The van der Waals surface area contributed by atoms with Crippen LogP contribution in [0.1, 0.15) is 51.4 Å². The van der Waals surface area contributed by atoms with Gasteiger partial charge in [-0.05, 0) is 50.5 Å². The van der Waals surface area contributed by atoms with Crippen LogP contribution in [-0.4, -0.2) is 170 Å². The van der Waals surface area contributed by atoms with Gasteiger partial charge in [0.25, 0.3) is 0 Å². The summed E-state index contributed by atoms with van der Waals surface area (Å²) >= 11 is 0. The van der Waals surface area contributed by atoms with Gasteiger partial charge in [-0.25, -0.2) is 8.78 Å². The fraction of sp³-hybridized carbons (Fsp3) is 0.970. The lowest BCUT2D eigenvalue weighted by atomic mass is 9.81. The Kier molecular flexibility index (Phi) is 16.6. The minimum Gasteiger partial charge on any atom is -0.394 e. The van der Waals surface area contributed by atoms with Crippen LogP contribution in [-0.2, 0) is 14.3 Å². The number of aliphatic hydroxyl groups excluding tert-OH is 5. The molecule has 0 radical (unpaired) electrons. The van der Waals surface area contributed by atoms with Crippen molar-refractivity contribution < 1.29 is 48.6 Å². The summed E-state index contributed by atoms with van der Waals surface area (Å²) in [5.74, 6) is -0.0517. The Labute approximate surface area is 283 Å². The van der Waals surface area contributed by atoms with E-state index in [4.69, 9.17) is 14.6 Å². The maximum Gasteiger partial charge on any atom is 0.223 e. The molecule has 0 spiro atoms. The number of alkyl halides is 2. The van der Waals surface area contributed by atoms with Gasteiger partial charge in [-0.15, -0.1) is 0 Å². The zero-order valence-electron chi connectivity index (χ0n) is 28.5. The molecule has 280 valence electrons. The lowest BCUT2D eigenvalue weighted by molar-refractivity contribution is -0.134. The first-order chi connectivity index (χ1) is 23.1. The molecule has 3 heterocycles. The van der Waals surface area contributed by atoms with Crippen molar-refractivity contribution in [2.24, 2.45) is 23.7 Å². The predicted octanol–water partition coefficient (Wildman–Crippen LogP) is -1.05. The molecular weight excluding hydrogens is 632 g/mol. The van der Waals surface area contributed by atoms with Crippen LogP contribution in [0.2, 0.25) is 0 Å². The van der Waals surface area contributed by atoms with Gasteiger partial charge in [0, 0.05) is 90.6 Å². The number of aliphatic hydroxyl groups is 5. The summed E-state index contributed by atoms with van der Waals surface area (Å²) < 4.78 is 41.5. The minimum absolute atomic E-state index is 0.0607. The lowest BCUT2D eigenvalue weighted by Crippen LogP contribution is -2.62. The molecule has 3 aliphatic heterocycles. The molecule has 7 atom stereocenters. The molecule has 15 heteroatoms. The summed E-state index contributed by atoms with van der Waals surface area (Å²) in [5, 5.41) is 58.2. The van der Waals surface area contributed by atoms with Crippen LogP contribution >= 0.6 is 0 Å². The zero-order chi connectivity index (χ0) is 34.6. The molecule has 0 bridgehead atoms. The van der Waals surface area contributed by atoms with E-state index in [2.05, 4.69) is 20.9 Å². The van der Waals surface area contributed by atoms with Gasteiger partial charge in [0.1, 0.15) is 36.9 Å². The molecule has 3 saturated heterocycles. The minimum atomic E-state index is -1.69. The smallest absolute Gasteiger partial charge is 0.223 e. The van der Waals surface area contributed by atoms with E-state index in [0.29, 0.717) is 44.5 Å². The maximum atomic E-state index is 15.1. The molecule has 1 aliphatic carbocycles. The monoisotopic (exact) mass is 693 g/mol. The van der Waals surface area contributed by atoms with E-state index in [1.54, 1.807) is 12.0 Å². The van der Waals surface area contributed by atoms with Crippen LogP contribution in [0, 0.1) is 23.7 Å². The third kappa shape index (κ3) is 11.7. The topological polar surface area (TPSA) is 179 Å². The molecule has 0 aromatic carbocycles. The highest BCUT2D eigenvalue weighted by Gasteiger charge is 2.41. The molecule has 0 aromatic rings. The number of piperidine rings is 1. The third-order valence-electron chi connectivity index (χ3n) is 10.8. The summed E-state index contributed by atoms with van der Waals surface area (Å²) in [6.45, 7) is 5.75. The van der Waals surface area contributed by atoms with Gasteiger partial charge in [-0.1, -0.05) is 0 Å². The van der Waals surface area contributed by atoms with E-state index in [1.165, 1.54) is 0 Å². The molecule has 1 amide bonds. The maximum absolute atomic E-state index is 15.1. The highest BCUT2D eigenvalue weighted by molar-refractivity contribution is 5.77. The second kappa shape index (κ2) is 20.1. The molecule has 13 nitrogen and oxygen atoms in total. The van der Waals surface area contributed by atoms with E-state index in [0.717, 1.165) is 58.5 Å². The van der Waals surface area contributed by atoms with E-state index >= 15 is 8.78 Å². The van der Waals surface area contributed by atoms with Gasteiger partial charge >= 0.3 is 0 Å². The highest BCUT2D eigenvalue weighted by Crippen LogP contribution is 2.35. The quantitative estimate of drug-likeness (QED) is 0.0819. The SMILES string of the molecule is COCC1CNC(N2CCC(CCCOC3CC(F)C(CC(=O)N4CC[C@@H](CNC[C@H](O)[C@@H](O)[C@H](O)[C@H](O)CO)C4)C(F)C3)CC2)NC1. The average Bonchev–Trinajstić information content (AvgIpc) is 3.57. The standard InChI is InChI=1S/C33H61F2N5O8/c1-47-20-23-15-37-33(38-16-23)39-7-4-21(5-8-39)3-2-10-48-24-11-26(34)25(27(35)12-24)13-30(44)40-9-6-22(18-40)14-36-17-28(42)31(45)32(46)29(43)19-41/h21-29,31-33,36-38,41-43,45-46H,2-20H2,1H3/t22-,23?,24?,25?,26?,27?,28-,29+,31+,32+,33?/m0/s1. The summed E-state index contributed by atoms with van der Waals surface area (Å²) in [5.41, 5.74) is 0. The largest absolute Gasteiger partial charge is 0.394 e. The van der Waals surface area contributed by atoms with E-state index in [9.17, 15) is 25.2 Å². The van der Waals surface area contributed by atoms with Crippen LogP contribution in [0.15, 0.2) is 0 Å². The van der Waals surface area contributed by atoms with E-state index < -0.39 is 55.4 Å². The normalized spacial score (nSPS) is 33.4. The second-order valence-corrected chi connectivity index (χ2v) is 14.5. The van der Waals surface area contributed by atoms with E-state index in [1.807, 2.05) is 0 Å². The summed E-state index contributed by atoms with van der Waals surface area (Å²) in [7, 11) is 1.74. The zero-order valence-corrected chi connectivity index (χ0v) is 28.5. The Morgan fingerprint density at radius 3 is 2.23 bits per heavy atom. The van der Waals surface area contributed by atoms with Crippen molar-refractivity contribution >= 4 is 5.91 Å². The van der Waals surface area contributed by atoms with Gasteiger partial charge in [0.05, 0.1) is 25.4 Å². The number of hydrogen-bond acceptors (Lipinski definition) is 12. The lowest BCUT2D eigenvalue weighted by Gasteiger charge is -2.41. The first-order valence-corrected chi connectivity index (χ1v) is 18.0. The molecule has 48 heavy (non-hydrogen) atoms. The Balaban J connectivity index is 1.06. The number of nitrogens with one attached hydrogen (secondary N) is 3. The number of amides is 1. The molecule has 0 aromatic heterocycles. The van der Waals surface area contributed by atoms with E-state index in [-0.39, 0.29) is 43.9 Å². The van der Waals surface area contributed by atoms with Crippen LogP contribution in [0.4, 0.5) is 8.78 Å². The molecule has 1 saturated carbocycles. The molecule has 4 fully saturated rings. The summed E-state index contributed by atoms with van der Waals surface area (Å²) in [4.78, 5) is 17.1. The number of hydrogen-bond donors (Lipinski definition) is 8. The molecule has 4 rings (SSSR count). The fourth-order valence-electron chi connectivity index (χ4n) is 7.68. The van der Waals surface area contributed by atoms with Crippen LogP contribution in [0.25, 0.3) is 0 Å². The van der Waals surface area contributed by atoms with Crippen LogP contribution in [0.3, 0.4) is 0 Å². The number of likely N-dealkylation sites (tertiary alicyclic amines) is 2. The van der Waals surface area contributed by atoms with Crippen molar-refractivity contribution in [2.75, 3.05) is 79.3 Å². The number of ether oxygens (including phenoxy) is 2. The predicted molar refractivity (Wildman–Crippen MR) is 174 cm³/mol. The van der Waals surface area contributed by atoms with Crippen molar-refractivity contribution in [3.8, 4) is 0 Å². The number of rotatable bonds is 18. The number of methoxy groups -OCH3 is 1. The van der Waals surface area contributed by atoms with Crippen molar-refractivity contribution in [1.29, 1.82) is 0 Å². The molecule has 4 aliphatic rings. The van der Waals surface area contributed by atoms with Gasteiger partial charge in [-0.3, -0.25) is 20.3 Å². The Hall–Kier alpha value is -1.11. The van der Waals surface area contributed by atoms with Crippen molar-refractivity contribution in [3.05, 3.63) is 0 Å². The van der Waals surface area contributed by atoms with Gasteiger partial charge in [-0.2, -0.15) is 0 Å². The van der Waals surface area contributed by atoms with Crippen molar-refractivity contribution in [3.63, 3.8) is 0 Å². The van der Waals surface area contributed by atoms with Gasteiger partial charge in [0.15, 0.2) is 0 Å². The fourth-order valence-corrected chi connectivity index (χ4v) is 7.68. The summed E-state index contributed by atoms with van der Waals surface area (Å²) in [6.07, 6.45) is -4.51. The van der Waals surface area contributed by atoms with Crippen molar-refractivity contribution in [2.45, 2.75) is 101 Å². The second-order valence-electron chi connectivity index (χ2n) is 14.5. The number of carbonyl (C=O) groups excluding carboxylic acids is 1. The molecular formula is C33H61F2N5O8. The molecule has 2 unspecified atom stereocenters. The number of halogens is 2. The average molecular weight is 694 g/mol. The Morgan fingerprint density at radius 2 is 1.58 bits per heavy atom. The number of nitrogens with zero attached hydrogens (tertiary/aromatic N) is 2. The Morgan fingerprint density at radius 1 is 0.938 bits per heavy atom. The highest BCUT2D eigenvalue weighted by atomic mass is 19.1. The Bertz CT molecular complexity index is 920. The molecule has 8 N–H and O–H groups in total. The first-order valence-electron chi connectivity index (χ1n) is 18.0. The summed E-state index contributed by atoms with van der Waals surface area (Å²) in [6, 6.07) is 0. The first kappa shape index (κ1) is 39.7.